The number of hydrogen-bond acceptors (Lipinski definition) is 3. The Morgan fingerprint density at radius 3 is 2.62 bits per heavy atom. The van der Waals surface area contributed by atoms with Gasteiger partial charge in [0.2, 0.25) is 0 Å². The summed E-state index contributed by atoms with van der Waals surface area (Å²) in [6, 6.07) is 7.91. The van der Waals surface area contributed by atoms with E-state index in [-0.39, 0.29) is 11.3 Å². The molecule has 0 aliphatic rings. The summed E-state index contributed by atoms with van der Waals surface area (Å²) in [5.41, 5.74) is 0.0370. The number of hydrogen-bond donors (Lipinski definition) is 1. The quantitative estimate of drug-likeness (QED) is 0.869. The first kappa shape index (κ1) is 15.3. The lowest BCUT2D eigenvalue weighted by molar-refractivity contribution is 0.102. The molecule has 2 rings (SSSR count). The standard InChI is InChI=1S/C15H13F2NO2S/c1-20-14-8-10(21-2)4-5-11(14)15(19)18-13-7-9(16)3-6-12(13)17/h3-8H,1-2H3,(H,18,19). The molecule has 2 aromatic rings. The zero-order valence-electron chi connectivity index (χ0n) is 11.4. The number of ether oxygens (including phenoxy) is 1. The minimum absolute atomic E-state index is 0.212. The lowest BCUT2D eigenvalue weighted by Gasteiger charge is -2.11. The predicted molar refractivity (Wildman–Crippen MR) is 79.1 cm³/mol. The zero-order chi connectivity index (χ0) is 15.4. The maximum atomic E-state index is 13.5. The van der Waals surface area contributed by atoms with Gasteiger partial charge in [0, 0.05) is 11.0 Å². The molecule has 0 saturated heterocycles. The van der Waals surface area contributed by atoms with Crippen molar-refractivity contribution in [3.63, 3.8) is 0 Å². The Hall–Kier alpha value is -2.08. The smallest absolute Gasteiger partial charge is 0.259 e. The van der Waals surface area contributed by atoms with Crippen molar-refractivity contribution in [1.82, 2.24) is 0 Å². The average molecular weight is 309 g/mol. The summed E-state index contributed by atoms with van der Waals surface area (Å²) in [7, 11) is 1.44. The number of benzene rings is 2. The Bertz CT molecular complexity index is 677. The van der Waals surface area contributed by atoms with Crippen LogP contribution in [0.15, 0.2) is 41.3 Å². The fraction of sp³-hybridized carbons (Fsp3) is 0.133. The molecule has 1 N–H and O–H groups in total. The van der Waals surface area contributed by atoms with E-state index in [9.17, 15) is 13.6 Å². The maximum absolute atomic E-state index is 13.5. The van der Waals surface area contributed by atoms with Crippen molar-refractivity contribution in [3.05, 3.63) is 53.6 Å². The first-order valence-electron chi connectivity index (χ1n) is 6.03. The van der Waals surface area contributed by atoms with Crippen molar-refractivity contribution >= 4 is 23.4 Å². The largest absolute Gasteiger partial charge is 0.496 e. The van der Waals surface area contributed by atoms with E-state index in [1.807, 2.05) is 6.26 Å². The molecule has 21 heavy (non-hydrogen) atoms. The molecular formula is C15H13F2NO2S. The summed E-state index contributed by atoms with van der Waals surface area (Å²) in [4.78, 5) is 13.1. The lowest BCUT2D eigenvalue weighted by atomic mass is 10.1. The van der Waals surface area contributed by atoms with Crippen molar-refractivity contribution in [2.45, 2.75) is 4.90 Å². The summed E-state index contributed by atoms with van der Waals surface area (Å²) in [6.07, 6.45) is 1.90. The summed E-state index contributed by atoms with van der Waals surface area (Å²) in [5.74, 6) is -1.53. The molecule has 0 spiro atoms. The van der Waals surface area contributed by atoms with Gasteiger partial charge in [-0.2, -0.15) is 0 Å². The molecule has 6 heteroatoms. The molecule has 0 aliphatic heterocycles. The number of carbonyl (C=O) groups excluding carboxylic acids is 1. The van der Waals surface area contributed by atoms with Crippen molar-refractivity contribution in [2.24, 2.45) is 0 Å². The lowest BCUT2D eigenvalue weighted by Crippen LogP contribution is -2.14. The topological polar surface area (TPSA) is 38.3 Å². The summed E-state index contributed by atoms with van der Waals surface area (Å²) < 4.78 is 31.8. The van der Waals surface area contributed by atoms with Crippen LogP contribution >= 0.6 is 11.8 Å². The zero-order valence-corrected chi connectivity index (χ0v) is 12.3. The van der Waals surface area contributed by atoms with Gasteiger partial charge in [0.05, 0.1) is 18.4 Å². The van der Waals surface area contributed by atoms with Crippen molar-refractivity contribution in [1.29, 1.82) is 0 Å². The van der Waals surface area contributed by atoms with E-state index in [1.165, 1.54) is 18.9 Å². The number of methoxy groups -OCH3 is 1. The second-order valence-corrected chi connectivity index (χ2v) is 5.02. The van der Waals surface area contributed by atoms with Gasteiger partial charge >= 0.3 is 0 Å². The minimum atomic E-state index is -0.704. The van der Waals surface area contributed by atoms with Crippen LogP contribution in [0, 0.1) is 11.6 Å². The SMILES string of the molecule is COc1cc(SC)ccc1C(=O)Nc1cc(F)ccc1F. The Morgan fingerprint density at radius 1 is 1.19 bits per heavy atom. The van der Waals surface area contributed by atoms with Crippen LogP contribution in [-0.2, 0) is 0 Å². The minimum Gasteiger partial charge on any atom is -0.496 e. The molecule has 0 fully saturated rings. The summed E-state index contributed by atoms with van der Waals surface area (Å²) in [5, 5.41) is 2.34. The van der Waals surface area contributed by atoms with Gasteiger partial charge in [-0.1, -0.05) is 0 Å². The van der Waals surface area contributed by atoms with E-state index >= 15 is 0 Å². The predicted octanol–water partition coefficient (Wildman–Crippen LogP) is 3.95. The van der Waals surface area contributed by atoms with Gasteiger partial charge in [-0.05, 0) is 36.6 Å². The monoisotopic (exact) mass is 309 g/mol. The molecular weight excluding hydrogens is 296 g/mol. The van der Waals surface area contributed by atoms with Crippen LogP contribution in [0.25, 0.3) is 0 Å². The Balaban J connectivity index is 2.30. The molecule has 2 aromatic carbocycles. The number of amides is 1. The van der Waals surface area contributed by atoms with Crippen LogP contribution in [-0.4, -0.2) is 19.3 Å². The second kappa shape index (κ2) is 6.58. The highest BCUT2D eigenvalue weighted by atomic mass is 32.2. The Morgan fingerprint density at radius 2 is 1.95 bits per heavy atom. The van der Waals surface area contributed by atoms with Gasteiger partial charge in [-0.3, -0.25) is 4.79 Å². The fourth-order valence-corrected chi connectivity index (χ4v) is 2.20. The van der Waals surface area contributed by atoms with Crippen molar-refractivity contribution in [3.8, 4) is 5.75 Å². The third-order valence-electron chi connectivity index (χ3n) is 2.83. The van der Waals surface area contributed by atoms with E-state index < -0.39 is 17.5 Å². The van der Waals surface area contributed by atoms with Crippen LogP contribution in [0.3, 0.4) is 0 Å². The van der Waals surface area contributed by atoms with Crippen LogP contribution in [0.2, 0.25) is 0 Å². The van der Waals surface area contributed by atoms with Gasteiger partial charge in [-0.15, -0.1) is 11.8 Å². The molecule has 0 radical (unpaired) electrons. The number of rotatable bonds is 4. The molecule has 0 heterocycles. The van der Waals surface area contributed by atoms with Gasteiger partial charge in [0.25, 0.3) is 5.91 Å². The van der Waals surface area contributed by atoms with Crippen LogP contribution in [0.4, 0.5) is 14.5 Å². The molecule has 3 nitrogen and oxygen atoms in total. The number of nitrogens with one attached hydrogen (secondary N) is 1. The van der Waals surface area contributed by atoms with Crippen molar-refractivity contribution in [2.75, 3.05) is 18.7 Å². The first-order valence-corrected chi connectivity index (χ1v) is 7.26. The molecule has 0 bridgehead atoms. The summed E-state index contributed by atoms with van der Waals surface area (Å²) in [6.45, 7) is 0. The van der Waals surface area contributed by atoms with Gasteiger partial charge in [-0.25, -0.2) is 8.78 Å². The van der Waals surface area contributed by atoms with Gasteiger partial charge in [0.15, 0.2) is 0 Å². The second-order valence-electron chi connectivity index (χ2n) is 4.14. The van der Waals surface area contributed by atoms with E-state index in [2.05, 4.69) is 5.32 Å². The number of carbonyl (C=O) groups is 1. The molecule has 0 aromatic heterocycles. The van der Waals surface area contributed by atoms with Crippen LogP contribution < -0.4 is 10.1 Å². The van der Waals surface area contributed by atoms with E-state index in [0.717, 1.165) is 23.1 Å². The van der Waals surface area contributed by atoms with E-state index in [4.69, 9.17) is 4.74 Å². The number of anilines is 1. The molecule has 0 atom stereocenters. The third kappa shape index (κ3) is 3.52. The first-order chi connectivity index (χ1) is 10.0. The van der Waals surface area contributed by atoms with Gasteiger partial charge < -0.3 is 10.1 Å². The van der Waals surface area contributed by atoms with E-state index in [0.29, 0.717) is 5.75 Å². The normalized spacial score (nSPS) is 10.3. The molecule has 1 amide bonds. The highest BCUT2D eigenvalue weighted by molar-refractivity contribution is 7.98. The Labute approximate surface area is 125 Å². The highest BCUT2D eigenvalue weighted by Crippen LogP contribution is 2.26. The third-order valence-corrected chi connectivity index (χ3v) is 3.56. The Kier molecular flexibility index (Phi) is 4.80. The van der Waals surface area contributed by atoms with Crippen molar-refractivity contribution < 1.29 is 18.3 Å². The molecule has 0 aliphatic carbocycles. The fourth-order valence-electron chi connectivity index (χ4n) is 1.77. The number of halogens is 2. The van der Waals surface area contributed by atoms with Crippen LogP contribution in [0.5, 0.6) is 5.75 Å². The maximum Gasteiger partial charge on any atom is 0.259 e. The van der Waals surface area contributed by atoms with Gasteiger partial charge in [0.1, 0.15) is 17.4 Å². The number of thioether (sulfide) groups is 1. The summed E-state index contributed by atoms with van der Waals surface area (Å²) >= 11 is 1.51. The average Bonchev–Trinajstić information content (AvgIpc) is 2.50. The molecule has 110 valence electrons. The highest BCUT2D eigenvalue weighted by Gasteiger charge is 2.15. The van der Waals surface area contributed by atoms with E-state index in [1.54, 1.807) is 18.2 Å². The molecule has 0 unspecified atom stereocenters. The van der Waals surface area contributed by atoms with Crippen LogP contribution in [0.1, 0.15) is 10.4 Å². The molecule has 0 saturated carbocycles.